The van der Waals surface area contributed by atoms with Gasteiger partial charge in [0.05, 0.1) is 0 Å². The van der Waals surface area contributed by atoms with E-state index >= 15 is 0 Å². The third kappa shape index (κ3) is 11.6. The fourth-order valence-electron chi connectivity index (χ4n) is 3.23. The van der Waals surface area contributed by atoms with Crippen molar-refractivity contribution in [2.24, 2.45) is 0 Å². The van der Waals surface area contributed by atoms with Crippen molar-refractivity contribution < 1.29 is 56.4 Å². The second-order valence-electron chi connectivity index (χ2n) is 8.77. The van der Waals surface area contributed by atoms with Gasteiger partial charge in [-0.2, -0.15) is 8.78 Å². The molecule has 3 aromatic rings. The third-order valence-corrected chi connectivity index (χ3v) is 5.43. The van der Waals surface area contributed by atoms with E-state index in [2.05, 4.69) is 22.6 Å². The third-order valence-electron chi connectivity index (χ3n) is 5.43. The van der Waals surface area contributed by atoms with E-state index in [1.807, 2.05) is 0 Å². The molecule has 0 radical (unpaired) electrons. The lowest BCUT2D eigenvalue weighted by molar-refractivity contribution is -0.148. The number of hydrogen-bond donors (Lipinski definition) is 0. The van der Waals surface area contributed by atoms with Gasteiger partial charge in [-0.05, 0) is 78.2 Å². The van der Waals surface area contributed by atoms with Gasteiger partial charge < -0.3 is 28.4 Å². The Labute approximate surface area is 256 Å². The van der Waals surface area contributed by atoms with Crippen molar-refractivity contribution in [2.75, 3.05) is 13.6 Å². The maximum Gasteiger partial charge on any atom is 0.369 e. The molecule has 232 valence electrons. The molecule has 45 heavy (non-hydrogen) atoms. The van der Waals surface area contributed by atoms with Crippen molar-refractivity contribution in [1.82, 2.24) is 0 Å². The molecule has 0 aliphatic carbocycles. The number of aryl methyl sites for hydroxylation is 1. The van der Waals surface area contributed by atoms with Crippen LogP contribution in [0.1, 0.15) is 16.7 Å². The average Bonchev–Trinajstić information content (AvgIpc) is 3.01. The smallest absolute Gasteiger partial charge is 0.369 e. The zero-order valence-corrected chi connectivity index (χ0v) is 23.8. The summed E-state index contributed by atoms with van der Waals surface area (Å²) in [7, 11) is 0. The monoisotopic (exact) mass is 620 g/mol. The van der Waals surface area contributed by atoms with Gasteiger partial charge in [0.25, 0.3) is 0 Å². The Morgan fingerprint density at radius 1 is 0.644 bits per heavy atom. The number of ether oxygens (including phenoxy) is 6. The van der Waals surface area contributed by atoms with Gasteiger partial charge in [0.2, 0.25) is 25.2 Å². The molecule has 0 atom stereocenters. The highest BCUT2D eigenvalue weighted by molar-refractivity contribution is 5.90. The summed E-state index contributed by atoms with van der Waals surface area (Å²) in [5.41, 5.74) is 1.84. The van der Waals surface area contributed by atoms with E-state index in [0.717, 1.165) is 0 Å². The van der Waals surface area contributed by atoms with Gasteiger partial charge >= 0.3 is 23.9 Å². The predicted octanol–water partition coefficient (Wildman–Crippen LogP) is 5.96. The van der Waals surface area contributed by atoms with E-state index in [1.165, 1.54) is 42.5 Å². The lowest BCUT2D eigenvalue weighted by Gasteiger charge is -2.08. The maximum absolute atomic E-state index is 12.6. The molecule has 0 aliphatic heterocycles. The van der Waals surface area contributed by atoms with Crippen molar-refractivity contribution in [3.8, 4) is 23.0 Å². The fourth-order valence-corrected chi connectivity index (χ4v) is 3.23. The van der Waals surface area contributed by atoms with Crippen molar-refractivity contribution in [2.45, 2.75) is 6.92 Å². The second-order valence-corrected chi connectivity index (χ2v) is 8.77. The number of carbonyl (C=O) groups excluding carboxylic acids is 4. The van der Waals surface area contributed by atoms with Gasteiger partial charge in [0, 0.05) is 12.2 Å². The highest BCUT2D eigenvalue weighted by atomic mass is 19.1. The number of esters is 4. The number of benzene rings is 3. The summed E-state index contributed by atoms with van der Waals surface area (Å²) in [5, 5.41) is 0. The van der Waals surface area contributed by atoms with Crippen LogP contribution in [-0.4, -0.2) is 37.5 Å². The highest BCUT2D eigenvalue weighted by Gasteiger charge is 2.10. The van der Waals surface area contributed by atoms with Crippen LogP contribution in [0.2, 0.25) is 0 Å². The minimum Gasteiger partial charge on any atom is -0.457 e. The number of hydrogen-bond acceptors (Lipinski definition) is 10. The Hall–Kier alpha value is -6.04. The number of halogens is 2. The summed E-state index contributed by atoms with van der Waals surface area (Å²) < 4.78 is 55.1. The fraction of sp³-hybridized carbons (Fsp3) is 0.0909. The van der Waals surface area contributed by atoms with Gasteiger partial charge in [-0.25, -0.2) is 19.2 Å². The molecule has 0 saturated carbocycles. The molecule has 0 N–H and O–H groups in total. The molecule has 10 nitrogen and oxygen atoms in total. The minimum atomic E-state index is -1.23. The maximum atomic E-state index is 12.6. The first-order valence-corrected chi connectivity index (χ1v) is 12.9. The first-order valence-electron chi connectivity index (χ1n) is 12.9. The van der Waals surface area contributed by atoms with Crippen LogP contribution in [0.5, 0.6) is 23.0 Å². The summed E-state index contributed by atoms with van der Waals surface area (Å²) in [6, 6.07) is 17.3. The van der Waals surface area contributed by atoms with Crippen molar-refractivity contribution in [1.29, 1.82) is 0 Å². The van der Waals surface area contributed by atoms with Gasteiger partial charge in [-0.1, -0.05) is 37.4 Å². The molecule has 0 bridgehead atoms. The molecule has 0 fully saturated rings. The Kier molecular flexibility index (Phi) is 12.3. The molecule has 3 rings (SSSR count). The second kappa shape index (κ2) is 16.6. The first-order chi connectivity index (χ1) is 21.5. The van der Waals surface area contributed by atoms with E-state index < -0.39 is 49.1 Å². The average molecular weight is 621 g/mol. The zero-order chi connectivity index (χ0) is 32.8. The van der Waals surface area contributed by atoms with Crippen molar-refractivity contribution in [3.05, 3.63) is 120 Å². The van der Waals surface area contributed by atoms with Crippen LogP contribution in [0.25, 0.3) is 12.2 Å². The van der Waals surface area contributed by atoms with E-state index in [1.54, 1.807) is 55.5 Å². The Morgan fingerprint density at radius 3 is 1.49 bits per heavy atom. The lowest BCUT2D eigenvalue weighted by Crippen LogP contribution is -2.10. The van der Waals surface area contributed by atoms with Gasteiger partial charge in [-0.15, -0.1) is 0 Å². The van der Waals surface area contributed by atoms with Crippen LogP contribution >= 0.6 is 0 Å². The molecular weight excluding hydrogens is 594 g/mol. The topological polar surface area (TPSA) is 124 Å². The molecule has 0 heterocycles. The molecule has 0 unspecified atom stereocenters. The summed E-state index contributed by atoms with van der Waals surface area (Å²) in [6.45, 7) is 6.33. The standard InChI is InChI=1S/C33H26F2O10/c1-21-18-28(44-30(36)16-8-24-4-10-26(11-5-24)40-19-42-32(38)22(2)34)14-15-29(21)45-31(37)17-9-25-6-12-27(13-7-25)41-20-43-33(39)23(3)35/h4-18H,2-3,19-20H2,1H3/b16-8+,17-9+. The van der Waals surface area contributed by atoms with Crippen LogP contribution in [0, 0.1) is 6.92 Å². The molecular formula is C33H26F2O10. The van der Waals surface area contributed by atoms with Crippen LogP contribution in [-0.2, 0) is 28.7 Å². The first kappa shape index (κ1) is 33.5. The van der Waals surface area contributed by atoms with E-state index in [0.29, 0.717) is 28.2 Å². The van der Waals surface area contributed by atoms with E-state index in [9.17, 15) is 28.0 Å². The van der Waals surface area contributed by atoms with E-state index in [-0.39, 0.29) is 11.5 Å². The van der Waals surface area contributed by atoms with E-state index in [4.69, 9.17) is 18.9 Å². The van der Waals surface area contributed by atoms with Crippen LogP contribution in [0.15, 0.2) is 104 Å². The summed E-state index contributed by atoms with van der Waals surface area (Å²) in [5.74, 6) is -4.98. The highest BCUT2D eigenvalue weighted by Crippen LogP contribution is 2.24. The molecule has 0 amide bonds. The molecule has 3 aromatic carbocycles. The molecule has 0 aromatic heterocycles. The van der Waals surface area contributed by atoms with Gasteiger partial charge in [-0.3, -0.25) is 0 Å². The molecule has 0 spiro atoms. The van der Waals surface area contributed by atoms with Crippen LogP contribution < -0.4 is 18.9 Å². The summed E-state index contributed by atoms with van der Waals surface area (Å²) >= 11 is 0. The van der Waals surface area contributed by atoms with Gasteiger partial charge in [0.1, 0.15) is 23.0 Å². The summed E-state index contributed by atoms with van der Waals surface area (Å²) in [6.07, 6.45) is 5.47. The molecule has 0 saturated heterocycles. The largest absolute Gasteiger partial charge is 0.457 e. The zero-order valence-electron chi connectivity index (χ0n) is 23.8. The van der Waals surface area contributed by atoms with Crippen LogP contribution in [0.4, 0.5) is 8.78 Å². The Morgan fingerprint density at radius 2 is 1.07 bits per heavy atom. The molecule has 0 aliphatic rings. The molecule has 12 heteroatoms. The van der Waals surface area contributed by atoms with Crippen molar-refractivity contribution in [3.63, 3.8) is 0 Å². The Balaban J connectivity index is 1.45. The number of carbonyl (C=O) groups is 4. The number of rotatable bonds is 14. The SMILES string of the molecule is C=C(F)C(=O)OCOc1ccc(/C=C/C(=O)Oc2ccc(OC(=O)/C=C/c3ccc(OCOC(=O)C(=C)F)cc3)c(C)c2)cc1. The predicted molar refractivity (Wildman–Crippen MR) is 157 cm³/mol. The Bertz CT molecular complexity index is 1620. The normalized spacial score (nSPS) is 10.6. The van der Waals surface area contributed by atoms with Gasteiger partial charge in [0.15, 0.2) is 0 Å². The minimum absolute atomic E-state index is 0.235. The summed E-state index contributed by atoms with van der Waals surface area (Å²) in [4.78, 5) is 46.6. The van der Waals surface area contributed by atoms with Crippen LogP contribution in [0.3, 0.4) is 0 Å². The quantitative estimate of drug-likeness (QED) is 0.0923. The van der Waals surface area contributed by atoms with Crippen molar-refractivity contribution >= 4 is 36.0 Å². The lowest BCUT2D eigenvalue weighted by atomic mass is 10.2.